The van der Waals surface area contributed by atoms with E-state index in [1.807, 2.05) is 0 Å². The van der Waals surface area contributed by atoms with Crippen molar-refractivity contribution in [2.45, 2.75) is 50.2 Å². The third-order valence-corrected chi connectivity index (χ3v) is 5.13. The highest BCUT2D eigenvalue weighted by atomic mass is 35.5. The first kappa shape index (κ1) is 13.8. The summed E-state index contributed by atoms with van der Waals surface area (Å²) in [5, 5.41) is 4.26. The number of carbonyl (C=O) groups excluding carboxylic acids is 1. The quantitative estimate of drug-likeness (QED) is 0.928. The van der Waals surface area contributed by atoms with Crippen molar-refractivity contribution in [2.24, 2.45) is 5.73 Å². The van der Waals surface area contributed by atoms with Crippen molar-refractivity contribution in [1.29, 1.82) is 0 Å². The highest BCUT2D eigenvalue weighted by Gasteiger charge is 2.52. The summed E-state index contributed by atoms with van der Waals surface area (Å²) in [6.45, 7) is 0.886. The van der Waals surface area contributed by atoms with E-state index < -0.39 is 0 Å². The van der Waals surface area contributed by atoms with Gasteiger partial charge in [0.05, 0.1) is 0 Å². The molecule has 1 amide bonds. The lowest BCUT2D eigenvalue weighted by Gasteiger charge is -2.42. The maximum Gasteiger partial charge on any atom is 0.237 e. The number of halogens is 1. The highest BCUT2D eigenvalue weighted by molar-refractivity contribution is 7.07. The molecular weight excluding hydrogens is 268 g/mol. The zero-order chi connectivity index (χ0) is 11.9. The van der Waals surface area contributed by atoms with Gasteiger partial charge in [0.15, 0.2) is 0 Å². The van der Waals surface area contributed by atoms with Gasteiger partial charge in [0.25, 0.3) is 0 Å². The summed E-state index contributed by atoms with van der Waals surface area (Å²) in [5.41, 5.74) is 6.65. The summed E-state index contributed by atoms with van der Waals surface area (Å²) in [6.07, 6.45) is 5.40. The number of amides is 1. The zero-order valence-corrected chi connectivity index (χ0v) is 11.9. The second-order valence-corrected chi connectivity index (χ2v) is 6.02. The number of fused-ring (bicyclic) bond motifs is 2. The molecule has 2 saturated heterocycles. The lowest BCUT2D eigenvalue weighted by atomic mass is 9.87. The fourth-order valence-corrected chi connectivity index (χ4v) is 4.16. The number of hydrogen-bond donors (Lipinski definition) is 1. The van der Waals surface area contributed by atoms with Gasteiger partial charge in [0.2, 0.25) is 5.91 Å². The van der Waals surface area contributed by atoms with Crippen molar-refractivity contribution >= 4 is 29.7 Å². The van der Waals surface area contributed by atoms with Crippen molar-refractivity contribution in [3.8, 4) is 0 Å². The largest absolute Gasteiger partial charge is 0.368 e. The van der Waals surface area contributed by atoms with Crippen LogP contribution in [0.2, 0.25) is 0 Å². The molecule has 1 aromatic heterocycles. The van der Waals surface area contributed by atoms with E-state index in [2.05, 4.69) is 21.7 Å². The molecular formula is C13H19ClN2OS. The van der Waals surface area contributed by atoms with Gasteiger partial charge in [-0.1, -0.05) is 0 Å². The Bertz CT molecular complexity index is 419. The Morgan fingerprint density at radius 1 is 1.50 bits per heavy atom. The van der Waals surface area contributed by atoms with E-state index in [0.29, 0.717) is 6.04 Å². The van der Waals surface area contributed by atoms with Gasteiger partial charge in [0, 0.05) is 12.6 Å². The molecule has 100 valence electrons. The van der Waals surface area contributed by atoms with Crippen LogP contribution in [0.5, 0.6) is 0 Å². The molecule has 2 aliphatic rings. The van der Waals surface area contributed by atoms with E-state index >= 15 is 0 Å². The third kappa shape index (κ3) is 2.06. The van der Waals surface area contributed by atoms with Crippen molar-refractivity contribution in [3.05, 3.63) is 22.4 Å². The van der Waals surface area contributed by atoms with Gasteiger partial charge in [-0.25, -0.2) is 0 Å². The molecule has 3 rings (SSSR count). The first-order valence-corrected chi connectivity index (χ1v) is 7.24. The van der Waals surface area contributed by atoms with Crippen LogP contribution in [0.4, 0.5) is 0 Å². The summed E-state index contributed by atoms with van der Waals surface area (Å²) in [4.78, 5) is 14.2. The molecule has 2 unspecified atom stereocenters. The number of primary amides is 1. The zero-order valence-electron chi connectivity index (χ0n) is 10.3. The summed E-state index contributed by atoms with van der Waals surface area (Å²) in [5.74, 6) is -0.116. The lowest BCUT2D eigenvalue weighted by molar-refractivity contribution is -0.132. The number of carbonyl (C=O) groups is 1. The van der Waals surface area contributed by atoms with E-state index in [-0.39, 0.29) is 23.9 Å². The molecule has 18 heavy (non-hydrogen) atoms. The molecule has 0 saturated carbocycles. The molecule has 3 heterocycles. The Morgan fingerprint density at radius 3 is 3.00 bits per heavy atom. The minimum absolute atomic E-state index is 0. The Kier molecular flexibility index (Phi) is 3.99. The summed E-state index contributed by atoms with van der Waals surface area (Å²) < 4.78 is 0. The Hall–Kier alpha value is -0.580. The Balaban J connectivity index is 0.00000120. The van der Waals surface area contributed by atoms with E-state index in [9.17, 15) is 4.79 Å². The molecule has 2 bridgehead atoms. The fourth-order valence-electron chi connectivity index (χ4n) is 3.50. The molecule has 3 nitrogen and oxygen atoms in total. The van der Waals surface area contributed by atoms with E-state index in [1.165, 1.54) is 12.0 Å². The van der Waals surface area contributed by atoms with Crippen molar-refractivity contribution < 1.29 is 4.79 Å². The van der Waals surface area contributed by atoms with Gasteiger partial charge in [0.1, 0.15) is 5.54 Å². The number of rotatable bonds is 3. The molecule has 2 atom stereocenters. The molecule has 2 fully saturated rings. The summed E-state index contributed by atoms with van der Waals surface area (Å²) in [7, 11) is 0. The number of thiophene rings is 1. The minimum Gasteiger partial charge on any atom is -0.368 e. The standard InChI is InChI=1S/C13H18N2OS.ClH/c14-12(16)13-5-1-2-11(3-6-13)15(13)8-10-4-7-17-9-10;/h4,7,9,11H,1-3,5-6,8H2,(H2,14,16);1H. The number of nitrogens with two attached hydrogens (primary N) is 1. The van der Waals surface area contributed by atoms with E-state index in [4.69, 9.17) is 5.73 Å². The number of piperidine rings is 1. The minimum atomic E-state index is -0.342. The second kappa shape index (κ2) is 5.19. The monoisotopic (exact) mass is 286 g/mol. The van der Waals surface area contributed by atoms with Crippen molar-refractivity contribution in [3.63, 3.8) is 0 Å². The van der Waals surface area contributed by atoms with Crippen LogP contribution < -0.4 is 5.73 Å². The van der Waals surface area contributed by atoms with Gasteiger partial charge < -0.3 is 5.73 Å². The smallest absolute Gasteiger partial charge is 0.237 e. The Morgan fingerprint density at radius 2 is 2.33 bits per heavy atom. The molecule has 5 heteroatoms. The number of nitrogens with zero attached hydrogens (tertiary/aromatic N) is 1. The average Bonchev–Trinajstić information content (AvgIpc) is 2.86. The van der Waals surface area contributed by atoms with Gasteiger partial charge in [-0.05, 0) is 54.5 Å². The Labute approximate surface area is 118 Å². The molecule has 2 N–H and O–H groups in total. The first-order chi connectivity index (χ1) is 8.22. The summed E-state index contributed by atoms with van der Waals surface area (Å²) >= 11 is 1.72. The predicted octanol–water partition coefficient (Wildman–Crippen LogP) is 2.54. The number of hydrogen-bond acceptors (Lipinski definition) is 3. The van der Waals surface area contributed by atoms with Crippen LogP contribution in [-0.2, 0) is 11.3 Å². The third-order valence-electron chi connectivity index (χ3n) is 4.40. The average molecular weight is 287 g/mol. The van der Waals surface area contributed by atoms with Gasteiger partial charge in [-0.2, -0.15) is 11.3 Å². The summed E-state index contributed by atoms with van der Waals surface area (Å²) in [6, 6.07) is 2.71. The second-order valence-electron chi connectivity index (χ2n) is 5.24. The van der Waals surface area contributed by atoms with Crippen LogP contribution in [0.1, 0.15) is 37.7 Å². The van der Waals surface area contributed by atoms with Crippen molar-refractivity contribution in [1.82, 2.24) is 4.90 Å². The van der Waals surface area contributed by atoms with Gasteiger partial charge >= 0.3 is 0 Å². The van der Waals surface area contributed by atoms with E-state index in [0.717, 1.165) is 32.2 Å². The van der Waals surface area contributed by atoms with Gasteiger partial charge in [-0.3, -0.25) is 9.69 Å². The molecule has 1 aromatic rings. The molecule has 2 aliphatic heterocycles. The topological polar surface area (TPSA) is 46.3 Å². The molecule has 0 radical (unpaired) electrons. The predicted molar refractivity (Wildman–Crippen MR) is 75.9 cm³/mol. The molecule has 0 spiro atoms. The maximum absolute atomic E-state index is 11.9. The fraction of sp³-hybridized carbons (Fsp3) is 0.615. The van der Waals surface area contributed by atoms with Crippen LogP contribution in [0, 0.1) is 0 Å². The molecule has 0 aliphatic carbocycles. The van der Waals surface area contributed by atoms with Crippen LogP contribution in [0.15, 0.2) is 16.8 Å². The van der Waals surface area contributed by atoms with Crippen molar-refractivity contribution in [2.75, 3.05) is 0 Å². The van der Waals surface area contributed by atoms with Gasteiger partial charge in [-0.15, -0.1) is 12.4 Å². The normalized spacial score (nSPS) is 31.0. The van der Waals surface area contributed by atoms with Crippen LogP contribution >= 0.6 is 23.7 Å². The SMILES string of the molecule is Cl.NC(=O)C12CCCC(CC1)N2Cc1ccsc1. The van der Waals surface area contributed by atoms with Crippen LogP contribution in [0.3, 0.4) is 0 Å². The van der Waals surface area contributed by atoms with Crippen LogP contribution in [0.25, 0.3) is 0 Å². The van der Waals surface area contributed by atoms with E-state index in [1.54, 1.807) is 11.3 Å². The van der Waals surface area contributed by atoms with Crippen LogP contribution in [-0.4, -0.2) is 22.4 Å². The molecule has 0 aromatic carbocycles. The first-order valence-electron chi connectivity index (χ1n) is 6.30. The lowest BCUT2D eigenvalue weighted by Crippen LogP contribution is -2.57. The maximum atomic E-state index is 11.9. The highest BCUT2D eigenvalue weighted by Crippen LogP contribution is 2.44.